The quantitative estimate of drug-likeness (QED) is 0.581. The molecule has 152 valence electrons. The van der Waals surface area contributed by atoms with Crippen molar-refractivity contribution in [2.45, 2.75) is 57.7 Å². The maximum Gasteiger partial charge on any atom is 0.343 e. The summed E-state index contributed by atoms with van der Waals surface area (Å²) in [6, 6.07) is 8.26. The Balaban J connectivity index is 1.75. The molecular weight excluding hydrogens is 366 g/mol. The number of esters is 1. The van der Waals surface area contributed by atoms with Gasteiger partial charge in [0.2, 0.25) is 5.92 Å². The molecule has 3 rings (SSSR count). The van der Waals surface area contributed by atoms with Crippen LogP contribution in [0.15, 0.2) is 42.7 Å². The van der Waals surface area contributed by atoms with Crippen molar-refractivity contribution in [2.24, 2.45) is 5.92 Å². The Morgan fingerprint density at radius 1 is 1.39 bits per heavy atom. The summed E-state index contributed by atoms with van der Waals surface area (Å²) >= 11 is 0. The van der Waals surface area contributed by atoms with Gasteiger partial charge in [0, 0.05) is 25.7 Å². The molecule has 1 saturated carbocycles. The fourth-order valence-corrected chi connectivity index (χ4v) is 3.98. The SMILES string of the molecule is CCn1cc[n+](CCOC(=O)[C@](O)(c2ccccc2)[C@H]2CCC(F)(F)C2)c1C. The Morgan fingerprint density at radius 3 is 2.68 bits per heavy atom. The molecule has 0 saturated heterocycles. The van der Waals surface area contributed by atoms with Crippen molar-refractivity contribution >= 4 is 5.97 Å². The van der Waals surface area contributed by atoms with E-state index in [9.17, 15) is 18.7 Å². The summed E-state index contributed by atoms with van der Waals surface area (Å²) in [6.45, 7) is 5.32. The van der Waals surface area contributed by atoms with Crippen LogP contribution in [0, 0.1) is 12.8 Å². The van der Waals surface area contributed by atoms with Crippen molar-refractivity contribution < 1.29 is 28.0 Å². The van der Waals surface area contributed by atoms with E-state index < -0.39 is 29.8 Å². The molecule has 0 bridgehead atoms. The van der Waals surface area contributed by atoms with Gasteiger partial charge in [-0.3, -0.25) is 0 Å². The smallest absolute Gasteiger partial charge is 0.343 e. The molecule has 1 N–H and O–H groups in total. The van der Waals surface area contributed by atoms with Gasteiger partial charge < -0.3 is 9.84 Å². The number of aromatic nitrogens is 2. The average Bonchev–Trinajstić information content (AvgIpc) is 3.23. The first kappa shape index (κ1) is 20.5. The fraction of sp³-hybridized carbons (Fsp3) is 0.524. The molecule has 2 aromatic rings. The normalized spacial score (nSPS) is 20.7. The number of hydrogen-bond donors (Lipinski definition) is 1. The third-order valence-electron chi connectivity index (χ3n) is 5.68. The van der Waals surface area contributed by atoms with Crippen molar-refractivity contribution in [1.82, 2.24) is 4.57 Å². The molecule has 1 aliphatic carbocycles. The van der Waals surface area contributed by atoms with Gasteiger partial charge in [0.25, 0.3) is 5.82 Å². The number of ether oxygens (including phenoxy) is 1. The summed E-state index contributed by atoms with van der Waals surface area (Å²) in [5, 5.41) is 11.3. The van der Waals surface area contributed by atoms with Crippen LogP contribution >= 0.6 is 0 Å². The topological polar surface area (TPSA) is 55.3 Å². The molecule has 1 fully saturated rings. The number of carbonyl (C=O) groups excluding carboxylic acids is 1. The van der Waals surface area contributed by atoms with Gasteiger partial charge in [-0.2, -0.15) is 0 Å². The Labute approximate surface area is 163 Å². The first-order chi connectivity index (χ1) is 13.3. The van der Waals surface area contributed by atoms with Crippen LogP contribution in [0.5, 0.6) is 0 Å². The summed E-state index contributed by atoms with van der Waals surface area (Å²) in [4.78, 5) is 12.9. The largest absolute Gasteiger partial charge is 0.459 e. The lowest BCUT2D eigenvalue weighted by atomic mass is 9.80. The van der Waals surface area contributed by atoms with Crippen molar-refractivity contribution in [3.05, 3.63) is 54.1 Å². The predicted octanol–water partition coefficient (Wildman–Crippen LogP) is 2.97. The van der Waals surface area contributed by atoms with E-state index in [0.717, 1.165) is 12.4 Å². The van der Waals surface area contributed by atoms with Gasteiger partial charge in [0.15, 0.2) is 5.60 Å². The molecule has 1 aromatic carbocycles. The average molecular weight is 393 g/mol. The second-order valence-corrected chi connectivity index (χ2v) is 7.39. The molecule has 0 aliphatic heterocycles. The molecule has 1 heterocycles. The Kier molecular flexibility index (Phi) is 5.84. The second-order valence-electron chi connectivity index (χ2n) is 7.39. The van der Waals surface area contributed by atoms with E-state index in [2.05, 4.69) is 4.57 Å². The fourth-order valence-electron chi connectivity index (χ4n) is 3.98. The van der Waals surface area contributed by atoms with Gasteiger partial charge in [-0.1, -0.05) is 30.3 Å². The van der Waals surface area contributed by atoms with Crippen LogP contribution in [0.4, 0.5) is 8.78 Å². The highest BCUT2D eigenvalue weighted by Crippen LogP contribution is 2.47. The molecular formula is C21H27F2N2O3+. The summed E-state index contributed by atoms with van der Waals surface area (Å²) in [5.74, 6) is -3.60. The van der Waals surface area contributed by atoms with Crippen LogP contribution in [0.25, 0.3) is 0 Å². The number of hydrogen-bond acceptors (Lipinski definition) is 3. The Morgan fingerprint density at radius 2 is 2.11 bits per heavy atom. The first-order valence-corrected chi connectivity index (χ1v) is 9.66. The molecule has 0 spiro atoms. The summed E-state index contributed by atoms with van der Waals surface area (Å²) in [5.41, 5.74) is -1.78. The molecule has 2 atom stereocenters. The second kappa shape index (κ2) is 7.99. The number of benzene rings is 1. The number of halogens is 2. The summed E-state index contributed by atoms with van der Waals surface area (Å²) < 4.78 is 37.0. The van der Waals surface area contributed by atoms with E-state index in [1.54, 1.807) is 30.3 Å². The lowest BCUT2D eigenvalue weighted by Gasteiger charge is -2.32. The van der Waals surface area contributed by atoms with Gasteiger partial charge in [0.1, 0.15) is 25.5 Å². The number of aryl methyl sites for hydroxylation is 1. The predicted molar refractivity (Wildman–Crippen MR) is 98.6 cm³/mol. The van der Waals surface area contributed by atoms with Crippen LogP contribution < -0.4 is 4.57 Å². The van der Waals surface area contributed by atoms with Crippen LogP contribution in [0.1, 0.15) is 37.6 Å². The lowest BCUT2D eigenvalue weighted by Crippen LogP contribution is -2.45. The van der Waals surface area contributed by atoms with E-state index in [1.807, 2.05) is 30.8 Å². The van der Waals surface area contributed by atoms with Crippen LogP contribution in [0.2, 0.25) is 0 Å². The minimum absolute atomic E-state index is 0.0519. The zero-order valence-electron chi connectivity index (χ0n) is 16.3. The van der Waals surface area contributed by atoms with Gasteiger partial charge in [-0.15, -0.1) is 0 Å². The maximum atomic E-state index is 13.8. The van der Waals surface area contributed by atoms with Crippen LogP contribution in [-0.4, -0.2) is 28.2 Å². The van der Waals surface area contributed by atoms with Crippen molar-refractivity contribution in [2.75, 3.05) is 6.61 Å². The van der Waals surface area contributed by atoms with Gasteiger partial charge in [-0.25, -0.2) is 22.7 Å². The standard InChI is InChI=1S/C21H27F2N2O3/c1-3-24-11-12-25(16(24)2)13-14-28-19(26)21(27,17-7-5-4-6-8-17)18-9-10-20(22,23)15-18/h4-8,11-12,18,27H,3,9-10,13-15H2,1-2H3/q+1/t18-,21-/m0/s1. The molecule has 28 heavy (non-hydrogen) atoms. The molecule has 0 amide bonds. The highest BCUT2D eigenvalue weighted by Gasteiger charge is 2.54. The summed E-state index contributed by atoms with van der Waals surface area (Å²) in [6.07, 6.45) is 3.05. The minimum atomic E-state index is -2.87. The molecule has 7 heteroatoms. The number of nitrogens with zero attached hydrogens (tertiary/aromatic N) is 2. The molecule has 5 nitrogen and oxygen atoms in total. The number of rotatable bonds is 7. The number of alkyl halides is 2. The van der Waals surface area contributed by atoms with Crippen LogP contribution in [0.3, 0.4) is 0 Å². The van der Waals surface area contributed by atoms with E-state index in [0.29, 0.717) is 12.1 Å². The van der Waals surface area contributed by atoms with Crippen molar-refractivity contribution in [1.29, 1.82) is 0 Å². The van der Waals surface area contributed by atoms with Gasteiger partial charge >= 0.3 is 5.97 Å². The molecule has 1 aromatic heterocycles. The first-order valence-electron chi connectivity index (χ1n) is 9.66. The molecule has 0 radical (unpaired) electrons. The van der Waals surface area contributed by atoms with Gasteiger partial charge in [-0.05, 0) is 18.9 Å². The number of aliphatic hydroxyl groups is 1. The monoisotopic (exact) mass is 393 g/mol. The van der Waals surface area contributed by atoms with E-state index in [-0.39, 0.29) is 19.4 Å². The molecule has 0 unspecified atom stereocenters. The Bertz CT molecular complexity index is 822. The third kappa shape index (κ3) is 3.94. The highest BCUT2D eigenvalue weighted by atomic mass is 19.3. The molecule has 1 aliphatic rings. The van der Waals surface area contributed by atoms with Gasteiger partial charge in [0.05, 0.1) is 6.54 Å². The minimum Gasteiger partial charge on any atom is -0.459 e. The highest BCUT2D eigenvalue weighted by molar-refractivity contribution is 5.81. The number of imidazole rings is 1. The van der Waals surface area contributed by atoms with Crippen LogP contribution in [-0.2, 0) is 28.2 Å². The Hall–Kier alpha value is -2.28. The van der Waals surface area contributed by atoms with E-state index in [1.165, 1.54) is 0 Å². The zero-order valence-corrected chi connectivity index (χ0v) is 16.3. The summed E-state index contributed by atoms with van der Waals surface area (Å²) in [7, 11) is 0. The zero-order chi connectivity index (χ0) is 20.4. The van der Waals surface area contributed by atoms with Crippen molar-refractivity contribution in [3.63, 3.8) is 0 Å². The van der Waals surface area contributed by atoms with E-state index >= 15 is 0 Å². The van der Waals surface area contributed by atoms with E-state index in [4.69, 9.17) is 4.74 Å². The lowest BCUT2D eigenvalue weighted by molar-refractivity contribution is -0.703. The maximum absolute atomic E-state index is 13.8. The number of carbonyl (C=O) groups is 1. The van der Waals surface area contributed by atoms with Crippen molar-refractivity contribution in [3.8, 4) is 0 Å². The third-order valence-corrected chi connectivity index (χ3v) is 5.68.